The summed E-state index contributed by atoms with van der Waals surface area (Å²) in [6.45, 7) is 8.89. The highest BCUT2D eigenvalue weighted by molar-refractivity contribution is 5.85. The first-order valence-electron chi connectivity index (χ1n) is 9.40. The van der Waals surface area contributed by atoms with Crippen molar-refractivity contribution >= 4 is 24.8 Å². The van der Waals surface area contributed by atoms with Gasteiger partial charge in [0.25, 0.3) is 0 Å². The van der Waals surface area contributed by atoms with Crippen LogP contribution in [0.2, 0.25) is 0 Å². The van der Waals surface area contributed by atoms with Crippen LogP contribution in [0.15, 0.2) is 54.6 Å². The van der Waals surface area contributed by atoms with Crippen LogP contribution in [0.25, 0.3) is 0 Å². The number of halogens is 2. The lowest BCUT2D eigenvalue weighted by Crippen LogP contribution is -2.29. The van der Waals surface area contributed by atoms with E-state index in [0.717, 1.165) is 38.3 Å². The van der Waals surface area contributed by atoms with Crippen LogP contribution < -0.4 is 10.1 Å². The molecule has 0 fully saturated rings. The predicted octanol–water partition coefficient (Wildman–Crippen LogP) is 5.14. The molecule has 0 aliphatic carbocycles. The van der Waals surface area contributed by atoms with Gasteiger partial charge in [-0.3, -0.25) is 0 Å². The quantitative estimate of drug-likeness (QED) is 0.516. The van der Waals surface area contributed by atoms with Crippen LogP contribution in [0, 0.1) is 0 Å². The van der Waals surface area contributed by atoms with Crippen molar-refractivity contribution in [1.82, 2.24) is 10.2 Å². The maximum Gasteiger partial charge on any atom is 0.118 e. The van der Waals surface area contributed by atoms with Crippen LogP contribution in [0.1, 0.15) is 37.4 Å². The number of benzene rings is 2. The Morgan fingerprint density at radius 3 is 2.11 bits per heavy atom. The van der Waals surface area contributed by atoms with E-state index in [9.17, 15) is 0 Å². The lowest BCUT2D eigenvalue weighted by atomic mass is 9.98. The molecule has 0 saturated carbocycles. The first-order chi connectivity index (χ1) is 12.3. The summed E-state index contributed by atoms with van der Waals surface area (Å²) >= 11 is 0. The van der Waals surface area contributed by atoms with Crippen LogP contribution in [0.3, 0.4) is 0 Å². The molecule has 1 unspecified atom stereocenters. The largest absolute Gasteiger partial charge is 0.497 e. The SMILES string of the molecule is CCN(CC)CCCNC(Cc1ccccc1)c1ccc(OC)cc1.Cl.Cl. The van der Waals surface area contributed by atoms with Crippen molar-refractivity contribution in [3.8, 4) is 5.75 Å². The van der Waals surface area contributed by atoms with E-state index >= 15 is 0 Å². The normalized spacial score (nSPS) is 11.4. The van der Waals surface area contributed by atoms with Gasteiger partial charge in [0.15, 0.2) is 0 Å². The van der Waals surface area contributed by atoms with E-state index in [2.05, 4.69) is 66.5 Å². The molecule has 0 saturated heterocycles. The summed E-state index contributed by atoms with van der Waals surface area (Å²) in [7, 11) is 1.71. The molecule has 1 N–H and O–H groups in total. The van der Waals surface area contributed by atoms with E-state index in [1.54, 1.807) is 7.11 Å². The fourth-order valence-corrected chi connectivity index (χ4v) is 3.11. The lowest BCUT2D eigenvalue weighted by Gasteiger charge is -2.22. The molecule has 2 aromatic carbocycles. The van der Waals surface area contributed by atoms with E-state index in [1.165, 1.54) is 17.5 Å². The molecule has 152 valence electrons. The van der Waals surface area contributed by atoms with Crippen LogP contribution in [0.4, 0.5) is 0 Å². The zero-order valence-electron chi connectivity index (χ0n) is 16.7. The van der Waals surface area contributed by atoms with Crippen LogP contribution in [-0.4, -0.2) is 38.2 Å². The van der Waals surface area contributed by atoms with Gasteiger partial charge in [-0.1, -0.05) is 56.3 Å². The zero-order valence-corrected chi connectivity index (χ0v) is 18.3. The molecule has 0 heterocycles. The maximum absolute atomic E-state index is 5.29. The van der Waals surface area contributed by atoms with Gasteiger partial charge in [0, 0.05) is 6.04 Å². The molecule has 27 heavy (non-hydrogen) atoms. The van der Waals surface area contributed by atoms with Crippen LogP contribution in [-0.2, 0) is 6.42 Å². The molecule has 0 spiro atoms. The molecule has 0 radical (unpaired) electrons. The molecule has 5 heteroatoms. The van der Waals surface area contributed by atoms with Crippen molar-refractivity contribution in [2.24, 2.45) is 0 Å². The summed E-state index contributed by atoms with van der Waals surface area (Å²) in [5, 5.41) is 3.76. The Morgan fingerprint density at radius 2 is 1.56 bits per heavy atom. The predicted molar refractivity (Wildman–Crippen MR) is 121 cm³/mol. The first-order valence-corrected chi connectivity index (χ1v) is 9.40. The molecule has 1 atom stereocenters. The smallest absolute Gasteiger partial charge is 0.118 e. The third-order valence-electron chi connectivity index (χ3n) is 4.74. The zero-order chi connectivity index (χ0) is 17.9. The Hall–Kier alpha value is -1.26. The van der Waals surface area contributed by atoms with Crippen molar-refractivity contribution in [3.05, 3.63) is 65.7 Å². The second kappa shape index (κ2) is 14.8. The Balaban J connectivity index is 0.00000338. The average Bonchev–Trinajstić information content (AvgIpc) is 2.68. The maximum atomic E-state index is 5.29. The number of hydrogen-bond donors (Lipinski definition) is 1. The van der Waals surface area contributed by atoms with Gasteiger partial charge in [-0.25, -0.2) is 0 Å². The van der Waals surface area contributed by atoms with Gasteiger partial charge in [-0.15, -0.1) is 24.8 Å². The van der Waals surface area contributed by atoms with E-state index in [4.69, 9.17) is 4.74 Å². The van der Waals surface area contributed by atoms with Crippen LogP contribution >= 0.6 is 24.8 Å². The van der Waals surface area contributed by atoms with E-state index < -0.39 is 0 Å². The molecule has 2 aromatic rings. The minimum Gasteiger partial charge on any atom is -0.497 e. The molecule has 0 aromatic heterocycles. The molecular weight excluding hydrogens is 379 g/mol. The highest BCUT2D eigenvalue weighted by Gasteiger charge is 2.12. The number of methoxy groups -OCH3 is 1. The molecule has 0 bridgehead atoms. The summed E-state index contributed by atoms with van der Waals surface area (Å²) in [5.74, 6) is 0.906. The van der Waals surface area contributed by atoms with Crippen molar-refractivity contribution in [2.45, 2.75) is 32.7 Å². The minimum atomic E-state index is 0. The highest BCUT2D eigenvalue weighted by atomic mass is 35.5. The summed E-state index contributed by atoms with van der Waals surface area (Å²) in [6.07, 6.45) is 2.17. The Bertz CT molecular complexity index is 589. The van der Waals surface area contributed by atoms with Gasteiger partial charge in [-0.2, -0.15) is 0 Å². The molecule has 2 rings (SSSR count). The summed E-state index contributed by atoms with van der Waals surface area (Å²) in [6, 6.07) is 19.5. The van der Waals surface area contributed by atoms with Crippen molar-refractivity contribution in [2.75, 3.05) is 33.3 Å². The number of ether oxygens (including phenoxy) is 1. The van der Waals surface area contributed by atoms with Gasteiger partial charge in [0.05, 0.1) is 7.11 Å². The lowest BCUT2D eigenvalue weighted by molar-refractivity contribution is 0.295. The summed E-state index contributed by atoms with van der Waals surface area (Å²) in [5.41, 5.74) is 2.67. The van der Waals surface area contributed by atoms with E-state index in [0.29, 0.717) is 6.04 Å². The fraction of sp³-hybridized carbons (Fsp3) is 0.455. The van der Waals surface area contributed by atoms with Crippen molar-refractivity contribution in [1.29, 1.82) is 0 Å². The first kappa shape index (κ1) is 25.7. The number of nitrogens with zero attached hydrogens (tertiary/aromatic N) is 1. The molecular formula is C22H34Cl2N2O. The van der Waals surface area contributed by atoms with E-state index in [-0.39, 0.29) is 24.8 Å². The second-order valence-corrected chi connectivity index (χ2v) is 6.35. The molecule has 3 nitrogen and oxygen atoms in total. The average molecular weight is 413 g/mol. The molecule has 0 aliphatic heterocycles. The molecule has 0 amide bonds. The summed E-state index contributed by atoms with van der Waals surface area (Å²) < 4.78 is 5.29. The van der Waals surface area contributed by atoms with Crippen molar-refractivity contribution < 1.29 is 4.74 Å². The van der Waals surface area contributed by atoms with Crippen molar-refractivity contribution in [3.63, 3.8) is 0 Å². The van der Waals surface area contributed by atoms with Gasteiger partial charge < -0.3 is 15.0 Å². The standard InChI is InChI=1S/C22H32N2O.2ClH/c1-4-24(5-2)17-9-16-23-22(18-19-10-7-6-8-11-19)20-12-14-21(25-3)15-13-20;;/h6-8,10-15,22-23H,4-5,9,16-18H2,1-3H3;2*1H. The van der Waals surface area contributed by atoms with E-state index in [1.807, 2.05) is 12.1 Å². The van der Waals surface area contributed by atoms with Gasteiger partial charge in [0.2, 0.25) is 0 Å². The third kappa shape index (κ3) is 8.98. The van der Waals surface area contributed by atoms with Gasteiger partial charge in [0.1, 0.15) is 5.75 Å². The number of hydrogen-bond acceptors (Lipinski definition) is 3. The fourth-order valence-electron chi connectivity index (χ4n) is 3.11. The van der Waals surface area contributed by atoms with Gasteiger partial charge >= 0.3 is 0 Å². The summed E-state index contributed by atoms with van der Waals surface area (Å²) in [4.78, 5) is 2.47. The monoisotopic (exact) mass is 412 g/mol. The highest BCUT2D eigenvalue weighted by Crippen LogP contribution is 2.21. The Kier molecular flexibility index (Phi) is 14.1. The molecule has 0 aliphatic rings. The third-order valence-corrected chi connectivity index (χ3v) is 4.74. The Labute approximate surface area is 177 Å². The Morgan fingerprint density at radius 1 is 0.926 bits per heavy atom. The second-order valence-electron chi connectivity index (χ2n) is 6.35. The van der Waals surface area contributed by atoms with Gasteiger partial charge in [-0.05, 0) is 62.3 Å². The number of rotatable bonds is 11. The topological polar surface area (TPSA) is 24.5 Å². The minimum absolute atomic E-state index is 0. The number of nitrogens with one attached hydrogen (secondary N) is 1. The van der Waals surface area contributed by atoms with Crippen LogP contribution in [0.5, 0.6) is 5.75 Å².